The van der Waals surface area contributed by atoms with Crippen LogP contribution in [-0.2, 0) is 4.79 Å². The third-order valence-electron chi connectivity index (χ3n) is 5.05. The predicted octanol–water partition coefficient (Wildman–Crippen LogP) is 3.13. The molecule has 1 saturated heterocycles. The van der Waals surface area contributed by atoms with E-state index in [-0.39, 0.29) is 11.9 Å². The van der Waals surface area contributed by atoms with E-state index < -0.39 is 0 Å². The van der Waals surface area contributed by atoms with Gasteiger partial charge in [-0.25, -0.2) is 0 Å². The number of benzene rings is 1. The zero-order valence-electron chi connectivity index (χ0n) is 14.0. The highest BCUT2D eigenvalue weighted by atomic mass is 16.5. The smallest absolute Gasteiger partial charge is 0.241 e. The second kappa shape index (κ2) is 7.19. The molecule has 1 aromatic carbocycles. The Kier molecular flexibility index (Phi) is 4.61. The summed E-state index contributed by atoms with van der Waals surface area (Å²) >= 11 is 0. The van der Waals surface area contributed by atoms with Gasteiger partial charge in [0.05, 0.1) is 6.04 Å². The lowest BCUT2D eigenvalue weighted by molar-refractivity contribution is -0.117. The first-order chi connectivity index (χ1) is 12.3. The molecule has 1 aromatic heterocycles. The van der Waals surface area contributed by atoms with Gasteiger partial charge in [-0.15, -0.1) is 5.10 Å². The van der Waals surface area contributed by atoms with Crippen LogP contribution in [0, 0.1) is 5.92 Å². The van der Waals surface area contributed by atoms with Crippen LogP contribution in [0.2, 0.25) is 0 Å². The molecule has 4 rings (SSSR count). The number of rotatable bonds is 4. The van der Waals surface area contributed by atoms with Crippen molar-refractivity contribution < 1.29 is 9.53 Å². The van der Waals surface area contributed by atoms with Crippen molar-refractivity contribution in [2.24, 2.45) is 5.92 Å². The topological polar surface area (TPSA) is 76.1 Å². The fourth-order valence-corrected chi connectivity index (χ4v) is 3.85. The van der Waals surface area contributed by atoms with E-state index in [1.807, 2.05) is 18.2 Å². The molecule has 2 N–H and O–H groups in total. The van der Waals surface area contributed by atoms with Crippen LogP contribution < -0.4 is 15.4 Å². The van der Waals surface area contributed by atoms with Gasteiger partial charge in [0.15, 0.2) is 0 Å². The maximum absolute atomic E-state index is 12.6. The van der Waals surface area contributed by atoms with E-state index in [1.165, 1.54) is 25.7 Å². The molecule has 6 nitrogen and oxygen atoms in total. The summed E-state index contributed by atoms with van der Waals surface area (Å²) in [6, 6.07) is 11.3. The molecule has 2 aromatic rings. The van der Waals surface area contributed by atoms with Crippen LogP contribution in [0.1, 0.15) is 32.1 Å². The van der Waals surface area contributed by atoms with Crippen LogP contribution in [0.25, 0.3) is 0 Å². The largest absolute Gasteiger partial charge is 0.437 e. The minimum Gasteiger partial charge on any atom is -0.437 e. The Labute approximate surface area is 147 Å². The number of hydrogen-bond acceptors (Lipinski definition) is 5. The molecule has 2 heterocycles. The molecule has 1 amide bonds. The van der Waals surface area contributed by atoms with Gasteiger partial charge in [0.1, 0.15) is 5.75 Å². The minimum absolute atomic E-state index is 0.0334. The average molecular weight is 338 g/mol. The first-order valence-electron chi connectivity index (χ1n) is 8.90. The van der Waals surface area contributed by atoms with Gasteiger partial charge in [0.25, 0.3) is 0 Å². The minimum atomic E-state index is -0.0994. The molecule has 130 valence electrons. The maximum atomic E-state index is 12.6. The number of nitrogens with zero attached hydrogens (tertiary/aromatic N) is 2. The summed E-state index contributed by atoms with van der Waals surface area (Å²) in [5.41, 5.74) is 0.725. The van der Waals surface area contributed by atoms with Crippen LogP contribution in [0.4, 0.5) is 5.69 Å². The summed E-state index contributed by atoms with van der Waals surface area (Å²) in [7, 11) is 0. The normalized spacial score (nSPS) is 25.2. The van der Waals surface area contributed by atoms with Crippen LogP contribution >= 0.6 is 0 Å². The number of hydrogen-bond donors (Lipinski definition) is 2. The molecule has 1 aliphatic heterocycles. The van der Waals surface area contributed by atoms with Gasteiger partial charge < -0.3 is 15.4 Å². The van der Waals surface area contributed by atoms with Gasteiger partial charge >= 0.3 is 0 Å². The lowest BCUT2D eigenvalue weighted by atomic mass is 9.85. The second-order valence-electron chi connectivity index (χ2n) is 6.79. The van der Waals surface area contributed by atoms with Gasteiger partial charge in [-0.3, -0.25) is 4.79 Å². The van der Waals surface area contributed by atoms with E-state index in [2.05, 4.69) is 20.8 Å². The van der Waals surface area contributed by atoms with Gasteiger partial charge in [-0.05, 0) is 43.4 Å². The van der Waals surface area contributed by atoms with Crippen LogP contribution in [-0.4, -0.2) is 28.2 Å². The van der Waals surface area contributed by atoms with E-state index in [0.29, 0.717) is 23.6 Å². The Bertz CT molecular complexity index is 723. The number of anilines is 1. The molecule has 1 saturated carbocycles. The zero-order chi connectivity index (χ0) is 17.1. The second-order valence-corrected chi connectivity index (χ2v) is 6.79. The lowest BCUT2D eigenvalue weighted by Gasteiger charge is -2.24. The van der Waals surface area contributed by atoms with Crippen molar-refractivity contribution in [1.82, 2.24) is 15.5 Å². The number of aromatic nitrogens is 2. The van der Waals surface area contributed by atoms with Crippen molar-refractivity contribution in [2.45, 2.75) is 44.2 Å². The van der Waals surface area contributed by atoms with Crippen molar-refractivity contribution in [3.05, 3.63) is 42.6 Å². The number of fused-ring (bicyclic) bond motifs is 1. The summed E-state index contributed by atoms with van der Waals surface area (Å²) in [5, 5.41) is 14.2. The van der Waals surface area contributed by atoms with Crippen LogP contribution in [0.15, 0.2) is 42.6 Å². The fraction of sp³-hybridized carbons (Fsp3) is 0.421. The Morgan fingerprint density at radius 3 is 2.96 bits per heavy atom. The fourth-order valence-electron chi connectivity index (χ4n) is 3.85. The first kappa shape index (κ1) is 16.0. The van der Waals surface area contributed by atoms with Crippen molar-refractivity contribution >= 4 is 11.6 Å². The van der Waals surface area contributed by atoms with Gasteiger partial charge in [-0.2, -0.15) is 5.10 Å². The Morgan fingerprint density at radius 2 is 2.12 bits per heavy atom. The molecule has 2 fully saturated rings. The standard InChI is InChI=1S/C19H22N4O2/c24-19(17-11-13-5-1-2-8-16(13)22-17)21-14-6-3-7-15(12-14)25-18-9-4-10-20-23-18/h3-4,6-7,9-10,12-13,16-17,22H,1-2,5,8,11H2,(H,21,24). The SMILES string of the molecule is O=C(Nc1cccc(Oc2cccnn2)c1)C1CC2CCCCC2N1. The molecule has 0 spiro atoms. The molecule has 1 aliphatic carbocycles. The number of carbonyl (C=O) groups is 1. The van der Waals surface area contributed by atoms with Crippen LogP contribution in [0.3, 0.4) is 0 Å². The van der Waals surface area contributed by atoms with E-state index in [1.54, 1.807) is 24.4 Å². The number of nitrogens with one attached hydrogen (secondary N) is 2. The highest BCUT2D eigenvalue weighted by Crippen LogP contribution is 2.33. The third kappa shape index (κ3) is 3.79. The van der Waals surface area contributed by atoms with E-state index in [4.69, 9.17) is 4.74 Å². The highest BCUT2D eigenvalue weighted by molar-refractivity contribution is 5.95. The molecule has 25 heavy (non-hydrogen) atoms. The zero-order valence-corrected chi connectivity index (χ0v) is 14.0. The van der Waals surface area contributed by atoms with Crippen molar-refractivity contribution in [2.75, 3.05) is 5.32 Å². The predicted molar refractivity (Wildman–Crippen MR) is 94.5 cm³/mol. The Hall–Kier alpha value is -2.47. The van der Waals surface area contributed by atoms with Gasteiger partial charge in [0, 0.05) is 30.1 Å². The Balaban J connectivity index is 1.39. The van der Waals surface area contributed by atoms with Crippen molar-refractivity contribution in [3.8, 4) is 11.6 Å². The van der Waals surface area contributed by atoms with Crippen molar-refractivity contribution in [1.29, 1.82) is 0 Å². The Morgan fingerprint density at radius 1 is 1.20 bits per heavy atom. The number of carbonyl (C=O) groups excluding carboxylic acids is 1. The molecular weight excluding hydrogens is 316 g/mol. The van der Waals surface area contributed by atoms with E-state index in [0.717, 1.165) is 12.1 Å². The quantitative estimate of drug-likeness (QED) is 0.896. The van der Waals surface area contributed by atoms with E-state index >= 15 is 0 Å². The lowest BCUT2D eigenvalue weighted by Crippen LogP contribution is -2.39. The summed E-state index contributed by atoms with van der Waals surface area (Å²) in [6.45, 7) is 0. The summed E-state index contributed by atoms with van der Waals surface area (Å²) in [6.07, 6.45) is 7.52. The average Bonchev–Trinajstić information content (AvgIpc) is 3.07. The highest BCUT2D eigenvalue weighted by Gasteiger charge is 2.38. The number of amides is 1. The van der Waals surface area contributed by atoms with Gasteiger partial charge in [0.2, 0.25) is 11.8 Å². The van der Waals surface area contributed by atoms with Crippen molar-refractivity contribution in [3.63, 3.8) is 0 Å². The van der Waals surface area contributed by atoms with Gasteiger partial charge in [-0.1, -0.05) is 18.9 Å². The monoisotopic (exact) mass is 338 g/mol. The van der Waals surface area contributed by atoms with Crippen LogP contribution in [0.5, 0.6) is 11.6 Å². The molecule has 0 bridgehead atoms. The number of ether oxygens (including phenoxy) is 1. The molecule has 0 radical (unpaired) electrons. The molecule has 3 atom stereocenters. The van der Waals surface area contributed by atoms with E-state index in [9.17, 15) is 4.79 Å². The first-order valence-corrected chi connectivity index (χ1v) is 8.90. The maximum Gasteiger partial charge on any atom is 0.241 e. The molecular formula is C19H22N4O2. The molecule has 3 unspecified atom stereocenters. The summed E-state index contributed by atoms with van der Waals surface area (Å²) < 4.78 is 5.66. The molecule has 2 aliphatic rings. The summed E-state index contributed by atoms with van der Waals surface area (Å²) in [5.74, 6) is 1.72. The summed E-state index contributed by atoms with van der Waals surface area (Å²) in [4.78, 5) is 12.6. The third-order valence-corrected chi connectivity index (χ3v) is 5.05. The molecule has 6 heteroatoms.